The van der Waals surface area contributed by atoms with Gasteiger partial charge in [0.15, 0.2) is 9.84 Å². The Morgan fingerprint density at radius 3 is 2.46 bits per heavy atom. The van der Waals surface area contributed by atoms with E-state index in [0.717, 1.165) is 10.5 Å². The third-order valence-corrected chi connectivity index (χ3v) is 7.92. The molecule has 1 aromatic carbocycles. The van der Waals surface area contributed by atoms with Crippen molar-refractivity contribution in [3.63, 3.8) is 0 Å². The highest BCUT2D eigenvalue weighted by atomic mass is 32.2. The molecule has 1 aromatic rings. The first-order valence-corrected chi connectivity index (χ1v) is 9.73. The third kappa shape index (κ3) is 2.66. The quantitative estimate of drug-likeness (QED) is 0.690. The summed E-state index contributed by atoms with van der Waals surface area (Å²) < 4.78 is 23.6. The molecule has 2 heterocycles. The molecule has 0 aromatic heterocycles. The zero-order valence-corrected chi connectivity index (χ0v) is 15.2. The zero-order valence-electron chi connectivity index (χ0n) is 14.4. The van der Waals surface area contributed by atoms with E-state index in [0.29, 0.717) is 0 Å². The van der Waals surface area contributed by atoms with Crippen LogP contribution in [0.1, 0.15) is 25.8 Å². The molecule has 2 amide bonds. The van der Waals surface area contributed by atoms with Gasteiger partial charge in [-0.2, -0.15) is 0 Å². The number of carbonyl (C=O) groups excluding carboxylic acids is 2. The van der Waals surface area contributed by atoms with Gasteiger partial charge in [0, 0.05) is 6.42 Å². The molecule has 0 aliphatic carbocycles. The van der Waals surface area contributed by atoms with Crippen LogP contribution in [0.25, 0.3) is 0 Å². The molecule has 2 aliphatic heterocycles. The molecule has 2 fully saturated rings. The lowest BCUT2D eigenvalue weighted by molar-refractivity contribution is -0.151. The van der Waals surface area contributed by atoms with Crippen LogP contribution in [0.15, 0.2) is 30.3 Å². The van der Waals surface area contributed by atoms with Crippen LogP contribution in [0, 0.1) is 0 Å². The van der Waals surface area contributed by atoms with Crippen LogP contribution in [-0.2, 0) is 30.6 Å². The van der Waals surface area contributed by atoms with Gasteiger partial charge in [0.2, 0.25) is 11.8 Å². The van der Waals surface area contributed by atoms with Crippen molar-refractivity contribution in [3.05, 3.63) is 35.9 Å². The monoisotopic (exact) mass is 380 g/mol. The zero-order chi connectivity index (χ0) is 19.3. The number of carboxylic acid groups (broad SMARTS) is 1. The molecule has 140 valence electrons. The number of hydrogen-bond donors (Lipinski definition) is 2. The molecule has 0 saturated carbocycles. The summed E-state index contributed by atoms with van der Waals surface area (Å²) in [4.78, 5) is 37.2. The molecule has 0 bridgehead atoms. The van der Waals surface area contributed by atoms with E-state index in [1.54, 1.807) is 30.3 Å². The summed E-state index contributed by atoms with van der Waals surface area (Å²) in [7, 11) is -3.71. The number of sulfone groups is 1. The molecule has 8 nitrogen and oxygen atoms in total. The number of benzene rings is 1. The van der Waals surface area contributed by atoms with Gasteiger partial charge in [-0.3, -0.25) is 9.59 Å². The van der Waals surface area contributed by atoms with Crippen molar-refractivity contribution in [1.29, 1.82) is 0 Å². The van der Waals surface area contributed by atoms with E-state index in [2.05, 4.69) is 5.32 Å². The summed E-state index contributed by atoms with van der Waals surface area (Å²) in [5.41, 5.74) is 0.719. The van der Waals surface area contributed by atoms with Crippen molar-refractivity contribution in [2.24, 2.45) is 0 Å². The van der Waals surface area contributed by atoms with Crippen molar-refractivity contribution in [2.75, 3.05) is 0 Å². The van der Waals surface area contributed by atoms with Gasteiger partial charge in [0.25, 0.3) is 0 Å². The summed E-state index contributed by atoms with van der Waals surface area (Å²) in [5.74, 6) is -2.41. The minimum Gasteiger partial charge on any atom is -0.480 e. The van der Waals surface area contributed by atoms with Crippen molar-refractivity contribution in [3.8, 4) is 0 Å². The van der Waals surface area contributed by atoms with E-state index in [4.69, 9.17) is 0 Å². The maximum atomic E-state index is 12.8. The highest BCUT2D eigenvalue weighted by Crippen LogP contribution is 2.45. The molecule has 9 heteroatoms. The molecule has 3 unspecified atom stereocenters. The van der Waals surface area contributed by atoms with Crippen molar-refractivity contribution in [1.82, 2.24) is 10.2 Å². The molecule has 26 heavy (non-hydrogen) atoms. The Hall–Kier alpha value is -2.42. The van der Waals surface area contributed by atoms with Crippen LogP contribution in [0.3, 0.4) is 0 Å². The molecule has 3 atom stereocenters. The van der Waals surface area contributed by atoms with Crippen LogP contribution in [-0.4, -0.2) is 58.4 Å². The van der Waals surface area contributed by atoms with Crippen molar-refractivity contribution < 1.29 is 27.9 Å². The van der Waals surface area contributed by atoms with Crippen LogP contribution < -0.4 is 5.32 Å². The smallest absolute Gasteiger partial charge is 0.326 e. The van der Waals surface area contributed by atoms with Crippen LogP contribution in [0.2, 0.25) is 0 Å². The van der Waals surface area contributed by atoms with E-state index in [9.17, 15) is 27.9 Å². The van der Waals surface area contributed by atoms with Crippen LogP contribution in [0.4, 0.5) is 0 Å². The Kier molecular flexibility index (Phi) is 4.30. The lowest BCUT2D eigenvalue weighted by Gasteiger charge is -2.37. The standard InChI is InChI=1S/C17H20N2O6S/c1-17(2)14(19-12(20)9-13(19)26(17,24)25)15(21)18-11(16(22)23)8-10-6-4-3-5-7-10/h3-7,11,13-14H,8-9H2,1-2H3,(H,18,21)(H,22,23). The number of fused-ring (bicyclic) bond motifs is 1. The maximum Gasteiger partial charge on any atom is 0.326 e. The number of β-lactam (4-membered cyclic amide) rings is 1. The molecule has 3 rings (SSSR count). The van der Waals surface area contributed by atoms with Gasteiger partial charge in [-0.15, -0.1) is 0 Å². The van der Waals surface area contributed by atoms with Gasteiger partial charge in [0.05, 0.1) is 11.2 Å². The number of nitrogens with one attached hydrogen (secondary N) is 1. The Bertz CT molecular complexity index is 864. The van der Waals surface area contributed by atoms with Gasteiger partial charge >= 0.3 is 5.97 Å². The molecular formula is C17H20N2O6S. The largest absolute Gasteiger partial charge is 0.480 e. The maximum absolute atomic E-state index is 12.8. The molecule has 0 spiro atoms. The Labute approximate surface area is 151 Å². The minimum atomic E-state index is -3.71. The molecule has 2 aliphatic rings. The third-order valence-electron chi connectivity index (χ3n) is 5.12. The van der Waals surface area contributed by atoms with E-state index in [1.807, 2.05) is 0 Å². The van der Waals surface area contributed by atoms with Gasteiger partial charge in [-0.25, -0.2) is 13.2 Å². The summed E-state index contributed by atoms with van der Waals surface area (Å²) in [6.07, 6.45) is -0.0822. The highest BCUT2D eigenvalue weighted by molar-refractivity contribution is 7.93. The average Bonchev–Trinajstić information content (AvgIpc) is 2.68. The van der Waals surface area contributed by atoms with Crippen molar-refractivity contribution in [2.45, 2.75) is 48.9 Å². The topological polar surface area (TPSA) is 121 Å². The molecule has 0 radical (unpaired) electrons. The fourth-order valence-electron chi connectivity index (χ4n) is 3.55. The van der Waals surface area contributed by atoms with Crippen LogP contribution >= 0.6 is 0 Å². The lowest BCUT2D eigenvalue weighted by Crippen LogP contribution is -2.61. The lowest BCUT2D eigenvalue weighted by atomic mass is 9.96. The predicted octanol–water partition coefficient (Wildman–Crippen LogP) is -0.0675. The summed E-state index contributed by atoms with van der Waals surface area (Å²) in [6.45, 7) is 2.79. The fraction of sp³-hybridized carbons (Fsp3) is 0.471. The number of carboxylic acids is 1. The van der Waals surface area contributed by atoms with Gasteiger partial charge in [-0.1, -0.05) is 30.3 Å². The first-order valence-electron chi connectivity index (χ1n) is 8.19. The average molecular weight is 380 g/mol. The fourth-order valence-corrected chi connectivity index (χ4v) is 5.69. The number of nitrogens with zero attached hydrogens (tertiary/aromatic N) is 1. The van der Waals surface area contributed by atoms with E-state index in [-0.39, 0.29) is 12.8 Å². The Balaban J connectivity index is 1.83. The predicted molar refractivity (Wildman–Crippen MR) is 91.8 cm³/mol. The van der Waals surface area contributed by atoms with E-state index >= 15 is 0 Å². The number of hydrogen-bond acceptors (Lipinski definition) is 5. The highest BCUT2D eigenvalue weighted by Gasteiger charge is 2.67. The molecule has 2 N–H and O–H groups in total. The summed E-state index contributed by atoms with van der Waals surface area (Å²) >= 11 is 0. The van der Waals surface area contributed by atoms with Crippen LogP contribution in [0.5, 0.6) is 0 Å². The summed E-state index contributed by atoms with van der Waals surface area (Å²) in [5, 5.41) is 10.8. The summed E-state index contributed by atoms with van der Waals surface area (Å²) in [6, 6.07) is 6.31. The second-order valence-corrected chi connectivity index (χ2v) is 9.79. The molecular weight excluding hydrogens is 360 g/mol. The number of aliphatic carboxylic acids is 1. The second-order valence-electron chi connectivity index (χ2n) is 7.10. The Morgan fingerprint density at radius 2 is 1.92 bits per heavy atom. The van der Waals surface area contributed by atoms with Gasteiger partial charge < -0.3 is 15.3 Å². The number of carbonyl (C=O) groups is 3. The van der Waals surface area contributed by atoms with Gasteiger partial charge in [-0.05, 0) is 19.4 Å². The molecule has 2 saturated heterocycles. The SMILES string of the molecule is CC1(C)C(C(=O)NC(Cc2ccccc2)C(=O)O)N2C(=O)CC2S1(=O)=O. The first kappa shape index (κ1) is 18.4. The minimum absolute atomic E-state index is 0.0547. The Morgan fingerprint density at radius 1 is 1.31 bits per heavy atom. The normalized spacial score (nSPS) is 26.5. The van der Waals surface area contributed by atoms with Gasteiger partial charge in [0.1, 0.15) is 17.5 Å². The number of rotatable bonds is 5. The second kappa shape index (κ2) is 6.08. The number of amides is 2. The van der Waals surface area contributed by atoms with E-state index < -0.39 is 49.8 Å². The van der Waals surface area contributed by atoms with E-state index in [1.165, 1.54) is 13.8 Å². The first-order chi connectivity index (χ1) is 12.1. The van der Waals surface area contributed by atoms with Crippen molar-refractivity contribution >= 4 is 27.6 Å².